The zero-order chi connectivity index (χ0) is 24.0. The molecule has 33 heavy (non-hydrogen) atoms. The molecule has 0 saturated carbocycles. The molecular formula is C22H21BrClN3O5S. The van der Waals surface area contributed by atoms with E-state index in [1.165, 1.54) is 30.5 Å². The first-order valence-corrected chi connectivity index (χ1v) is 12.4. The fourth-order valence-electron chi connectivity index (χ4n) is 2.80. The first kappa shape index (κ1) is 24.8. The molecule has 0 bridgehead atoms. The van der Waals surface area contributed by atoms with Crippen molar-refractivity contribution in [2.45, 2.75) is 18.7 Å². The van der Waals surface area contributed by atoms with E-state index >= 15 is 0 Å². The summed E-state index contributed by atoms with van der Waals surface area (Å²) < 4.78 is 39.3. The second-order valence-corrected chi connectivity index (χ2v) is 9.89. The highest BCUT2D eigenvalue weighted by Gasteiger charge is 2.27. The molecule has 3 aromatic rings. The molecule has 0 radical (unpaired) electrons. The Morgan fingerprint density at radius 2 is 1.88 bits per heavy atom. The molecular weight excluding hydrogens is 534 g/mol. The number of rotatable bonds is 9. The van der Waals surface area contributed by atoms with Crippen LogP contribution in [0, 0.1) is 6.92 Å². The van der Waals surface area contributed by atoms with E-state index in [0.717, 1.165) is 8.78 Å². The van der Waals surface area contributed by atoms with Crippen molar-refractivity contribution in [1.82, 2.24) is 5.43 Å². The summed E-state index contributed by atoms with van der Waals surface area (Å²) in [6, 6.07) is 13.8. The Bertz CT molecular complexity index is 1220. The monoisotopic (exact) mass is 553 g/mol. The van der Waals surface area contributed by atoms with Crippen molar-refractivity contribution in [1.29, 1.82) is 0 Å². The van der Waals surface area contributed by atoms with Crippen molar-refractivity contribution >= 4 is 55.4 Å². The molecule has 0 atom stereocenters. The fraction of sp³-hybridized carbons (Fsp3) is 0.182. The van der Waals surface area contributed by atoms with Crippen LogP contribution in [0.15, 0.2) is 73.5 Å². The zero-order valence-electron chi connectivity index (χ0n) is 17.8. The van der Waals surface area contributed by atoms with Crippen LogP contribution in [0.3, 0.4) is 0 Å². The Balaban J connectivity index is 1.84. The highest BCUT2D eigenvalue weighted by atomic mass is 79.9. The van der Waals surface area contributed by atoms with Crippen molar-refractivity contribution in [3.63, 3.8) is 0 Å². The van der Waals surface area contributed by atoms with Gasteiger partial charge in [-0.2, -0.15) is 5.10 Å². The van der Waals surface area contributed by atoms with Crippen molar-refractivity contribution in [2.75, 3.05) is 17.5 Å². The summed E-state index contributed by atoms with van der Waals surface area (Å²) in [5.41, 5.74) is 2.62. The summed E-state index contributed by atoms with van der Waals surface area (Å²) in [6.07, 6.45) is 1.32. The number of ether oxygens (including phenoxy) is 1. The molecule has 3 rings (SSSR count). The highest BCUT2D eigenvalue weighted by Crippen LogP contribution is 2.26. The molecule has 0 saturated heterocycles. The number of nitrogens with one attached hydrogen (secondary N) is 1. The molecule has 1 N–H and O–H groups in total. The van der Waals surface area contributed by atoms with Crippen LogP contribution in [0.4, 0.5) is 5.69 Å². The number of halogens is 2. The van der Waals surface area contributed by atoms with E-state index < -0.39 is 22.5 Å². The molecule has 1 amide bonds. The van der Waals surface area contributed by atoms with Crippen molar-refractivity contribution in [3.05, 3.63) is 75.6 Å². The Hall–Kier alpha value is -2.82. The minimum absolute atomic E-state index is 0.00648. The average Bonchev–Trinajstić information content (AvgIpc) is 3.10. The maximum atomic E-state index is 13.3. The van der Waals surface area contributed by atoms with Gasteiger partial charge in [-0.3, -0.25) is 9.10 Å². The van der Waals surface area contributed by atoms with Gasteiger partial charge in [0.05, 0.1) is 27.9 Å². The van der Waals surface area contributed by atoms with Crippen molar-refractivity contribution in [2.24, 2.45) is 5.10 Å². The topological polar surface area (TPSA) is 101 Å². The second kappa shape index (κ2) is 10.9. The minimum Gasteiger partial charge on any atom is -0.494 e. The van der Waals surface area contributed by atoms with Gasteiger partial charge in [0.15, 0.2) is 0 Å². The number of carbonyl (C=O) groups excluding carboxylic acids is 1. The summed E-state index contributed by atoms with van der Waals surface area (Å²) >= 11 is 9.22. The van der Waals surface area contributed by atoms with Gasteiger partial charge in [0.1, 0.15) is 23.8 Å². The van der Waals surface area contributed by atoms with E-state index in [0.29, 0.717) is 28.9 Å². The standard InChI is InChI=1S/C22H21BrClN3O5S/c1-3-31-18-8-6-17(7-9-18)27(33(29,30)20-10-4-16(24)5-11-20)14-22(28)26-25-13-19-12-21(23)15(2)32-19/h4-13H,3,14H2,1-2H3,(H,26,28)/b25-13-. The summed E-state index contributed by atoms with van der Waals surface area (Å²) in [6.45, 7) is 3.59. The van der Waals surface area contributed by atoms with E-state index in [2.05, 4.69) is 26.5 Å². The summed E-state index contributed by atoms with van der Waals surface area (Å²) in [5.74, 6) is 1.04. The highest BCUT2D eigenvalue weighted by molar-refractivity contribution is 9.10. The largest absolute Gasteiger partial charge is 0.494 e. The fourth-order valence-corrected chi connectivity index (χ4v) is 4.66. The number of amides is 1. The molecule has 2 aromatic carbocycles. The lowest BCUT2D eigenvalue weighted by Crippen LogP contribution is -2.39. The Kier molecular flexibility index (Phi) is 8.17. The number of sulfonamides is 1. The summed E-state index contributed by atoms with van der Waals surface area (Å²) in [7, 11) is -4.07. The number of benzene rings is 2. The summed E-state index contributed by atoms with van der Waals surface area (Å²) in [4.78, 5) is 12.6. The predicted octanol–water partition coefficient (Wildman–Crippen LogP) is 4.75. The number of hydrogen-bond acceptors (Lipinski definition) is 6. The first-order valence-electron chi connectivity index (χ1n) is 9.79. The van der Waals surface area contributed by atoms with E-state index in [4.69, 9.17) is 20.8 Å². The van der Waals surface area contributed by atoms with Crippen LogP contribution in [0.1, 0.15) is 18.4 Å². The van der Waals surface area contributed by atoms with Gasteiger partial charge < -0.3 is 9.15 Å². The van der Waals surface area contributed by atoms with Gasteiger partial charge in [0.25, 0.3) is 15.9 Å². The average molecular weight is 555 g/mol. The number of anilines is 1. The molecule has 0 unspecified atom stereocenters. The number of aryl methyl sites for hydroxylation is 1. The zero-order valence-corrected chi connectivity index (χ0v) is 20.9. The van der Waals surface area contributed by atoms with Gasteiger partial charge in [0, 0.05) is 11.1 Å². The molecule has 11 heteroatoms. The van der Waals surface area contributed by atoms with Crippen LogP contribution in [-0.4, -0.2) is 33.7 Å². The summed E-state index contributed by atoms with van der Waals surface area (Å²) in [5, 5.41) is 4.25. The number of furan rings is 1. The SMILES string of the molecule is CCOc1ccc(N(CC(=O)N/N=C\c2cc(Br)c(C)o2)S(=O)(=O)c2ccc(Cl)cc2)cc1. The van der Waals surface area contributed by atoms with Crippen LogP contribution in [0.2, 0.25) is 5.02 Å². The molecule has 0 spiro atoms. The van der Waals surface area contributed by atoms with Gasteiger partial charge in [-0.1, -0.05) is 11.6 Å². The van der Waals surface area contributed by atoms with Gasteiger partial charge in [-0.25, -0.2) is 13.8 Å². The molecule has 0 aliphatic heterocycles. The van der Waals surface area contributed by atoms with Crippen LogP contribution in [-0.2, 0) is 14.8 Å². The molecule has 1 aromatic heterocycles. The normalized spacial score (nSPS) is 11.5. The van der Waals surface area contributed by atoms with Crippen LogP contribution >= 0.6 is 27.5 Å². The first-order chi connectivity index (χ1) is 15.7. The second-order valence-electron chi connectivity index (χ2n) is 6.74. The predicted molar refractivity (Wildman–Crippen MR) is 130 cm³/mol. The Morgan fingerprint density at radius 3 is 2.45 bits per heavy atom. The molecule has 174 valence electrons. The van der Waals surface area contributed by atoms with E-state index in [1.807, 2.05) is 6.92 Å². The van der Waals surface area contributed by atoms with E-state index in [-0.39, 0.29) is 10.6 Å². The van der Waals surface area contributed by atoms with Gasteiger partial charge in [-0.05, 0) is 78.3 Å². The quantitative estimate of drug-likeness (QED) is 0.304. The maximum absolute atomic E-state index is 13.3. The third-order valence-corrected chi connectivity index (χ3v) is 7.21. The number of hydrazone groups is 1. The molecule has 0 aliphatic rings. The molecule has 0 fully saturated rings. The van der Waals surface area contributed by atoms with Crippen molar-refractivity contribution < 1.29 is 22.4 Å². The number of carbonyl (C=O) groups is 1. The smallest absolute Gasteiger partial charge is 0.264 e. The van der Waals surface area contributed by atoms with E-state index in [1.54, 1.807) is 37.3 Å². The van der Waals surface area contributed by atoms with Gasteiger partial charge in [0.2, 0.25) is 0 Å². The lowest BCUT2D eigenvalue weighted by atomic mass is 10.3. The van der Waals surface area contributed by atoms with Crippen molar-refractivity contribution in [3.8, 4) is 5.75 Å². The third kappa shape index (κ3) is 6.37. The third-order valence-electron chi connectivity index (χ3n) is 4.38. The maximum Gasteiger partial charge on any atom is 0.264 e. The number of hydrogen-bond donors (Lipinski definition) is 1. The Morgan fingerprint density at radius 1 is 1.21 bits per heavy atom. The molecule has 0 aliphatic carbocycles. The Labute approximate surface area is 205 Å². The van der Waals surface area contributed by atoms with Gasteiger partial charge in [-0.15, -0.1) is 0 Å². The van der Waals surface area contributed by atoms with Crippen LogP contribution in [0.25, 0.3) is 0 Å². The molecule has 1 heterocycles. The van der Waals surface area contributed by atoms with Gasteiger partial charge >= 0.3 is 0 Å². The van der Waals surface area contributed by atoms with E-state index in [9.17, 15) is 13.2 Å². The minimum atomic E-state index is -4.07. The lowest BCUT2D eigenvalue weighted by Gasteiger charge is -2.24. The lowest BCUT2D eigenvalue weighted by molar-refractivity contribution is -0.119. The van der Waals surface area contributed by atoms with Crippen LogP contribution < -0.4 is 14.5 Å². The number of nitrogens with zero attached hydrogens (tertiary/aromatic N) is 2. The molecule has 8 nitrogen and oxygen atoms in total. The van der Waals surface area contributed by atoms with Crippen LogP contribution in [0.5, 0.6) is 5.75 Å².